The van der Waals surface area contributed by atoms with E-state index in [1.54, 1.807) is 30.3 Å². The van der Waals surface area contributed by atoms with Gasteiger partial charge in [-0.3, -0.25) is 10.1 Å². The molecule has 100 valence electrons. The summed E-state index contributed by atoms with van der Waals surface area (Å²) in [4.78, 5) is 10.1. The van der Waals surface area contributed by atoms with Crippen LogP contribution in [-0.4, -0.2) is 4.92 Å². The van der Waals surface area contributed by atoms with Crippen LogP contribution in [0.2, 0.25) is 5.02 Å². The molecule has 0 fully saturated rings. The number of nitro groups is 1. The highest BCUT2D eigenvalue weighted by Crippen LogP contribution is 2.24. The monoisotopic (exact) mass is 287 g/mol. The van der Waals surface area contributed by atoms with Gasteiger partial charge < -0.3 is 5.32 Å². The summed E-state index contributed by atoms with van der Waals surface area (Å²) >= 11 is 5.93. The van der Waals surface area contributed by atoms with Gasteiger partial charge in [-0.05, 0) is 17.7 Å². The molecule has 0 radical (unpaired) electrons. The molecular weight excluding hydrogens is 278 g/mol. The molecule has 2 aromatic rings. The maximum atomic E-state index is 10.6. The Hall–Kier alpha value is -2.58. The summed E-state index contributed by atoms with van der Waals surface area (Å²) in [6, 6.07) is 13.4. The number of benzene rings is 2. The number of hydrogen-bond acceptors (Lipinski definition) is 4. The Bertz CT molecular complexity index is 678. The molecule has 2 aromatic carbocycles. The molecule has 2 rings (SSSR count). The van der Waals surface area contributed by atoms with Crippen LogP contribution in [0, 0.1) is 21.4 Å². The molecule has 0 saturated carbocycles. The summed E-state index contributed by atoms with van der Waals surface area (Å²) in [6.07, 6.45) is 0. The van der Waals surface area contributed by atoms with E-state index >= 15 is 0 Å². The van der Waals surface area contributed by atoms with Gasteiger partial charge in [0.25, 0.3) is 5.69 Å². The molecule has 0 atom stereocenters. The normalized spacial score (nSPS) is 9.80. The van der Waals surface area contributed by atoms with E-state index in [0.717, 1.165) is 5.56 Å². The minimum absolute atomic E-state index is 0.0502. The maximum absolute atomic E-state index is 10.6. The maximum Gasteiger partial charge on any atom is 0.269 e. The van der Waals surface area contributed by atoms with Crippen molar-refractivity contribution in [2.24, 2.45) is 0 Å². The van der Waals surface area contributed by atoms with Gasteiger partial charge in [-0.15, -0.1) is 0 Å². The number of nitriles is 1. The summed E-state index contributed by atoms with van der Waals surface area (Å²) in [7, 11) is 0. The second-order valence-corrected chi connectivity index (χ2v) is 4.46. The third-order valence-electron chi connectivity index (χ3n) is 2.76. The van der Waals surface area contributed by atoms with Crippen LogP contribution in [-0.2, 0) is 6.54 Å². The van der Waals surface area contributed by atoms with Crippen molar-refractivity contribution in [1.29, 1.82) is 5.26 Å². The Morgan fingerprint density at radius 2 is 1.95 bits per heavy atom. The Labute approximate surface area is 120 Å². The molecule has 0 unspecified atom stereocenters. The lowest BCUT2D eigenvalue weighted by Gasteiger charge is -2.09. The second-order valence-electron chi connectivity index (χ2n) is 4.05. The average Bonchev–Trinajstić information content (AvgIpc) is 2.45. The van der Waals surface area contributed by atoms with Crippen molar-refractivity contribution in [1.82, 2.24) is 0 Å². The largest absolute Gasteiger partial charge is 0.380 e. The lowest BCUT2D eigenvalue weighted by Crippen LogP contribution is -2.01. The predicted molar refractivity (Wildman–Crippen MR) is 76.6 cm³/mol. The molecule has 0 heterocycles. The van der Waals surface area contributed by atoms with E-state index in [0.29, 0.717) is 22.8 Å². The summed E-state index contributed by atoms with van der Waals surface area (Å²) in [6.45, 7) is 0.451. The highest BCUT2D eigenvalue weighted by Gasteiger charge is 2.07. The summed E-state index contributed by atoms with van der Waals surface area (Å²) in [5, 5.41) is 23.1. The number of rotatable bonds is 4. The Balaban J connectivity index is 2.11. The van der Waals surface area contributed by atoms with Gasteiger partial charge in [0.05, 0.1) is 21.2 Å². The van der Waals surface area contributed by atoms with E-state index in [1.165, 1.54) is 12.1 Å². The van der Waals surface area contributed by atoms with Crippen LogP contribution in [0.5, 0.6) is 0 Å². The minimum atomic E-state index is -0.442. The van der Waals surface area contributed by atoms with Crippen molar-refractivity contribution < 1.29 is 4.92 Å². The van der Waals surface area contributed by atoms with Crippen molar-refractivity contribution in [2.45, 2.75) is 6.54 Å². The van der Waals surface area contributed by atoms with E-state index in [2.05, 4.69) is 5.32 Å². The van der Waals surface area contributed by atoms with Gasteiger partial charge >= 0.3 is 0 Å². The molecule has 20 heavy (non-hydrogen) atoms. The van der Waals surface area contributed by atoms with E-state index in [9.17, 15) is 10.1 Å². The van der Waals surface area contributed by atoms with Crippen LogP contribution in [0.3, 0.4) is 0 Å². The second kappa shape index (κ2) is 6.04. The van der Waals surface area contributed by atoms with Crippen LogP contribution >= 0.6 is 11.6 Å². The minimum Gasteiger partial charge on any atom is -0.380 e. The van der Waals surface area contributed by atoms with Crippen LogP contribution in [0.4, 0.5) is 11.4 Å². The molecule has 0 amide bonds. The lowest BCUT2D eigenvalue weighted by molar-refractivity contribution is -0.384. The third kappa shape index (κ3) is 3.05. The first-order chi connectivity index (χ1) is 9.61. The standard InChI is InChI=1S/C14H10ClN3O2/c15-13-2-1-3-14(12(13)8-16)17-9-10-4-6-11(7-5-10)18(19)20/h1-7,17H,9H2. The molecule has 0 aliphatic heterocycles. The molecule has 0 saturated heterocycles. The van der Waals surface area contributed by atoms with Gasteiger partial charge in [0, 0.05) is 18.7 Å². The van der Waals surface area contributed by atoms with Crippen molar-refractivity contribution in [3.05, 3.63) is 68.7 Å². The van der Waals surface area contributed by atoms with E-state index in [4.69, 9.17) is 16.9 Å². The molecular formula is C14H10ClN3O2. The summed E-state index contributed by atoms with van der Waals surface area (Å²) in [5.41, 5.74) is 1.95. The zero-order valence-electron chi connectivity index (χ0n) is 10.3. The molecule has 0 aliphatic carbocycles. The predicted octanol–water partition coefficient (Wildman–Crippen LogP) is 3.73. The summed E-state index contributed by atoms with van der Waals surface area (Å²) < 4.78 is 0. The van der Waals surface area contributed by atoms with Crippen LogP contribution in [0.1, 0.15) is 11.1 Å². The average molecular weight is 288 g/mol. The Morgan fingerprint density at radius 3 is 2.55 bits per heavy atom. The smallest absolute Gasteiger partial charge is 0.269 e. The first-order valence-electron chi connectivity index (χ1n) is 5.77. The molecule has 0 bridgehead atoms. The zero-order chi connectivity index (χ0) is 14.5. The van der Waals surface area contributed by atoms with Crippen LogP contribution < -0.4 is 5.32 Å². The topological polar surface area (TPSA) is 79.0 Å². The highest BCUT2D eigenvalue weighted by molar-refractivity contribution is 6.32. The number of nitrogens with one attached hydrogen (secondary N) is 1. The molecule has 5 nitrogen and oxygen atoms in total. The third-order valence-corrected chi connectivity index (χ3v) is 3.07. The fourth-order valence-electron chi connectivity index (χ4n) is 1.72. The van der Waals surface area contributed by atoms with E-state index < -0.39 is 4.92 Å². The van der Waals surface area contributed by atoms with E-state index in [1.807, 2.05) is 6.07 Å². The molecule has 0 aromatic heterocycles. The van der Waals surface area contributed by atoms with Crippen molar-refractivity contribution in [3.8, 4) is 6.07 Å². The number of halogens is 1. The Morgan fingerprint density at radius 1 is 1.25 bits per heavy atom. The fraction of sp³-hybridized carbons (Fsp3) is 0.0714. The SMILES string of the molecule is N#Cc1c(Cl)cccc1NCc1ccc([N+](=O)[O-])cc1. The quantitative estimate of drug-likeness (QED) is 0.686. The van der Waals surface area contributed by atoms with Gasteiger partial charge in [-0.2, -0.15) is 5.26 Å². The van der Waals surface area contributed by atoms with Gasteiger partial charge in [-0.1, -0.05) is 29.8 Å². The highest BCUT2D eigenvalue weighted by atomic mass is 35.5. The lowest BCUT2D eigenvalue weighted by atomic mass is 10.1. The van der Waals surface area contributed by atoms with Crippen molar-refractivity contribution in [2.75, 3.05) is 5.32 Å². The van der Waals surface area contributed by atoms with Crippen molar-refractivity contribution >= 4 is 23.0 Å². The number of nitrogens with zero attached hydrogens (tertiary/aromatic N) is 2. The number of hydrogen-bond donors (Lipinski definition) is 1. The fourth-order valence-corrected chi connectivity index (χ4v) is 1.93. The van der Waals surface area contributed by atoms with Crippen LogP contribution in [0.25, 0.3) is 0 Å². The van der Waals surface area contributed by atoms with Crippen molar-refractivity contribution in [3.63, 3.8) is 0 Å². The molecule has 0 aliphatic rings. The molecule has 1 N–H and O–H groups in total. The van der Waals surface area contributed by atoms with Gasteiger partial charge in [0.1, 0.15) is 6.07 Å². The van der Waals surface area contributed by atoms with Gasteiger partial charge in [0.2, 0.25) is 0 Å². The number of non-ortho nitro benzene ring substituents is 1. The van der Waals surface area contributed by atoms with E-state index in [-0.39, 0.29) is 5.69 Å². The first kappa shape index (κ1) is 13.8. The first-order valence-corrected chi connectivity index (χ1v) is 6.15. The van der Waals surface area contributed by atoms with Gasteiger partial charge in [-0.25, -0.2) is 0 Å². The van der Waals surface area contributed by atoms with Crippen LogP contribution in [0.15, 0.2) is 42.5 Å². The zero-order valence-corrected chi connectivity index (χ0v) is 11.1. The number of anilines is 1. The molecule has 0 spiro atoms. The van der Waals surface area contributed by atoms with Gasteiger partial charge in [0.15, 0.2) is 0 Å². The molecule has 6 heteroatoms. The summed E-state index contributed by atoms with van der Waals surface area (Å²) in [5.74, 6) is 0. The number of nitro benzene ring substituents is 1. The Kier molecular flexibility index (Phi) is 4.18.